The molecule has 0 fully saturated rings. The smallest absolute Gasteiger partial charge is 0.341 e. The van der Waals surface area contributed by atoms with Crippen LogP contribution in [0.5, 0.6) is 5.88 Å². The minimum absolute atomic E-state index is 0.0237. The summed E-state index contributed by atoms with van der Waals surface area (Å²) in [6.07, 6.45) is 0. The minimum Gasteiger partial charge on any atom is -0.462 e. The number of benzene rings is 2. The first-order chi connectivity index (χ1) is 15.4. The fraction of sp³-hybridized carbons (Fsp3) is 0.208. The number of para-hydroxylation sites is 2. The number of hydrogen-bond acceptors (Lipinski definition) is 6. The maximum atomic E-state index is 14.0. The zero-order valence-electron chi connectivity index (χ0n) is 18.0. The van der Waals surface area contributed by atoms with Crippen molar-refractivity contribution in [3.63, 3.8) is 0 Å². The zero-order valence-corrected chi connectivity index (χ0v) is 18.0. The van der Waals surface area contributed by atoms with E-state index in [0.29, 0.717) is 28.4 Å². The van der Waals surface area contributed by atoms with Gasteiger partial charge in [0.05, 0.1) is 23.6 Å². The van der Waals surface area contributed by atoms with Crippen LogP contribution in [0.2, 0.25) is 0 Å². The van der Waals surface area contributed by atoms with Crippen LogP contribution in [0.4, 0.5) is 5.69 Å². The molecule has 0 aliphatic carbocycles. The summed E-state index contributed by atoms with van der Waals surface area (Å²) in [4.78, 5) is 28.7. The first-order valence-electron chi connectivity index (χ1n) is 10.3. The Morgan fingerprint density at radius 3 is 2.56 bits per heavy atom. The predicted octanol–water partition coefficient (Wildman–Crippen LogP) is 2.57. The topological polar surface area (TPSA) is 99.7 Å². The number of amides is 1. The van der Waals surface area contributed by atoms with Gasteiger partial charge in [0.15, 0.2) is 0 Å². The summed E-state index contributed by atoms with van der Waals surface area (Å²) in [5, 5.41) is 4.67. The van der Waals surface area contributed by atoms with Crippen LogP contribution in [0.3, 0.4) is 0 Å². The molecular formula is C24H22N4O4. The fourth-order valence-electron chi connectivity index (χ4n) is 4.74. The molecular weight excluding hydrogens is 408 g/mol. The molecule has 0 bridgehead atoms. The van der Waals surface area contributed by atoms with Crippen LogP contribution in [0.15, 0.2) is 66.1 Å². The van der Waals surface area contributed by atoms with Crippen LogP contribution in [-0.2, 0) is 19.7 Å². The Morgan fingerprint density at radius 2 is 1.84 bits per heavy atom. The Kier molecular flexibility index (Phi) is 4.33. The number of esters is 1. The van der Waals surface area contributed by atoms with Gasteiger partial charge in [-0.15, -0.1) is 0 Å². The number of aryl methyl sites for hydroxylation is 1. The van der Waals surface area contributed by atoms with E-state index in [-0.39, 0.29) is 24.0 Å². The van der Waals surface area contributed by atoms with Crippen molar-refractivity contribution in [1.82, 2.24) is 9.78 Å². The van der Waals surface area contributed by atoms with E-state index in [0.717, 1.165) is 5.69 Å². The van der Waals surface area contributed by atoms with Crippen LogP contribution < -0.4 is 15.4 Å². The highest BCUT2D eigenvalue weighted by atomic mass is 16.5. The van der Waals surface area contributed by atoms with Gasteiger partial charge in [-0.05, 0) is 32.0 Å². The first kappa shape index (κ1) is 19.9. The third-order valence-corrected chi connectivity index (χ3v) is 6.00. The van der Waals surface area contributed by atoms with E-state index in [4.69, 9.17) is 15.2 Å². The summed E-state index contributed by atoms with van der Waals surface area (Å²) in [5.41, 5.74) is 7.91. The molecule has 2 N–H and O–H groups in total. The summed E-state index contributed by atoms with van der Waals surface area (Å²) in [6, 6.07) is 16.8. The van der Waals surface area contributed by atoms with E-state index in [2.05, 4.69) is 5.10 Å². The molecule has 2 aromatic carbocycles. The van der Waals surface area contributed by atoms with Gasteiger partial charge in [0.1, 0.15) is 11.0 Å². The number of rotatable bonds is 3. The van der Waals surface area contributed by atoms with Gasteiger partial charge in [-0.1, -0.05) is 36.4 Å². The van der Waals surface area contributed by atoms with E-state index in [1.54, 1.807) is 25.6 Å². The summed E-state index contributed by atoms with van der Waals surface area (Å²) >= 11 is 0. The number of nitrogens with two attached hydrogens (primary N) is 1. The Balaban J connectivity index is 1.89. The first-order valence-corrected chi connectivity index (χ1v) is 10.3. The average molecular weight is 430 g/mol. The third kappa shape index (κ3) is 2.40. The standard InChI is InChI=1S/C24H22N4O4/c1-4-31-22(29)19-20(25)32-21-18(14(2)26-28(21)15-10-6-5-7-11-15)24(19)16-12-8-9-13-17(16)27(3)23(24)30/h5-13H,4,25H2,1-3H3/t24-/m1/s1. The number of nitrogens with zero attached hydrogens (tertiary/aromatic N) is 3. The van der Waals surface area contributed by atoms with Gasteiger partial charge in [0.25, 0.3) is 0 Å². The van der Waals surface area contributed by atoms with Gasteiger partial charge >= 0.3 is 5.97 Å². The second-order valence-electron chi connectivity index (χ2n) is 7.71. The lowest BCUT2D eigenvalue weighted by atomic mass is 9.68. The number of likely N-dealkylation sites (N-methyl/N-ethyl adjacent to an activating group) is 1. The monoisotopic (exact) mass is 430 g/mol. The van der Waals surface area contributed by atoms with Crippen molar-refractivity contribution < 1.29 is 19.1 Å². The lowest BCUT2D eigenvalue weighted by Gasteiger charge is -2.34. The molecule has 1 atom stereocenters. The van der Waals surface area contributed by atoms with Crippen LogP contribution in [0.25, 0.3) is 5.69 Å². The SMILES string of the molecule is CCOC(=O)C1=C(N)Oc2c(c(C)nn2-c2ccccc2)[C@@]12C(=O)N(C)c1ccccc12. The number of fused-ring (bicyclic) bond motifs is 4. The fourth-order valence-corrected chi connectivity index (χ4v) is 4.74. The molecule has 1 amide bonds. The zero-order chi connectivity index (χ0) is 22.6. The van der Waals surface area contributed by atoms with E-state index in [1.807, 2.05) is 54.6 Å². The molecule has 8 heteroatoms. The molecule has 3 aromatic rings. The Labute approximate surface area is 184 Å². The maximum Gasteiger partial charge on any atom is 0.341 e. The van der Waals surface area contributed by atoms with Gasteiger partial charge in [0.2, 0.25) is 17.7 Å². The molecule has 162 valence electrons. The molecule has 32 heavy (non-hydrogen) atoms. The summed E-state index contributed by atoms with van der Waals surface area (Å²) in [6.45, 7) is 3.63. The van der Waals surface area contributed by atoms with Crippen molar-refractivity contribution >= 4 is 17.6 Å². The average Bonchev–Trinajstić information content (AvgIpc) is 3.23. The number of carbonyl (C=O) groups excluding carboxylic acids is 2. The Bertz CT molecular complexity index is 1290. The van der Waals surface area contributed by atoms with Gasteiger partial charge in [-0.2, -0.15) is 5.10 Å². The third-order valence-electron chi connectivity index (χ3n) is 6.00. The highest BCUT2D eigenvalue weighted by molar-refractivity contribution is 6.18. The van der Waals surface area contributed by atoms with Gasteiger partial charge in [-0.25, -0.2) is 9.48 Å². The van der Waals surface area contributed by atoms with Crippen molar-refractivity contribution in [3.05, 3.63) is 82.9 Å². The molecule has 2 aliphatic heterocycles. The normalized spacial score (nSPS) is 19.1. The number of anilines is 1. The van der Waals surface area contributed by atoms with Gasteiger partial charge in [-0.3, -0.25) is 4.79 Å². The summed E-state index contributed by atoms with van der Waals surface area (Å²) in [5.74, 6) is -0.880. The van der Waals surface area contributed by atoms with Crippen molar-refractivity contribution in [1.29, 1.82) is 0 Å². The number of aromatic nitrogens is 2. The van der Waals surface area contributed by atoms with Crippen molar-refractivity contribution in [2.24, 2.45) is 5.73 Å². The molecule has 1 spiro atoms. The predicted molar refractivity (Wildman–Crippen MR) is 117 cm³/mol. The second-order valence-corrected chi connectivity index (χ2v) is 7.71. The van der Waals surface area contributed by atoms with Crippen LogP contribution in [0.1, 0.15) is 23.7 Å². The molecule has 1 aromatic heterocycles. The van der Waals surface area contributed by atoms with Crippen molar-refractivity contribution in [2.75, 3.05) is 18.6 Å². The highest BCUT2D eigenvalue weighted by Crippen LogP contribution is 2.56. The van der Waals surface area contributed by atoms with E-state index < -0.39 is 11.4 Å². The van der Waals surface area contributed by atoms with Crippen LogP contribution in [-0.4, -0.2) is 35.3 Å². The second kappa shape index (κ2) is 6.98. The quantitative estimate of drug-likeness (QED) is 0.641. The number of hydrogen-bond donors (Lipinski definition) is 1. The van der Waals surface area contributed by atoms with E-state index in [1.165, 1.54) is 4.90 Å². The van der Waals surface area contributed by atoms with Crippen LogP contribution >= 0.6 is 0 Å². The maximum absolute atomic E-state index is 14.0. The molecule has 0 unspecified atom stereocenters. The molecule has 3 heterocycles. The molecule has 0 saturated heterocycles. The van der Waals surface area contributed by atoms with Crippen molar-refractivity contribution in [2.45, 2.75) is 19.3 Å². The number of ether oxygens (including phenoxy) is 2. The Hall–Kier alpha value is -4.07. The van der Waals surface area contributed by atoms with Crippen LogP contribution in [0, 0.1) is 6.92 Å². The molecule has 5 rings (SSSR count). The molecule has 0 saturated carbocycles. The molecule has 0 radical (unpaired) electrons. The van der Waals surface area contributed by atoms with Crippen molar-refractivity contribution in [3.8, 4) is 11.6 Å². The largest absolute Gasteiger partial charge is 0.462 e. The lowest BCUT2D eigenvalue weighted by Crippen LogP contribution is -2.48. The molecule has 8 nitrogen and oxygen atoms in total. The molecule has 2 aliphatic rings. The highest BCUT2D eigenvalue weighted by Gasteiger charge is 2.62. The lowest BCUT2D eigenvalue weighted by molar-refractivity contribution is -0.140. The summed E-state index contributed by atoms with van der Waals surface area (Å²) in [7, 11) is 1.68. The minimum atomic E-state index is -1.52. The van der Waals surface area contributed by atoms with Gasteiger partial charge < -0.3 is 20.1 Å². The van der Waals surface area contributed by atoms with E-state index in [9.17, 15) is 9.59 Å². The van der Waals surface area contributed by atoms with E-state index >= 15 is 0 Å². The summed E-state index contributed by atoms with van der Waals surface area (Å²) < 4.78 is 12.9. The van der Waals surface area contributed by atoms with Gasteiger partial charge in [0, 0.05) is 18.3 Å². The number of carbonyl (C=O) groups is 2. The Morgan fingerprint density at radius 1 is 1.16 bits per heavy atom.